The highest BCUT2D eigenvalue weighted by Gasteiger charge is 2.26. The van der Waals surface area contributed by atoms with Gasteiger partial charge in [-0.15, -0.1) is 0 Å². The van der Waals surface area contributed by atoms with Gasteiger partial charge in [-0.05, 0) is 51.0 Å². The van der Waals surface area contributed by atoms with Crippen molar-refractivity contribution in [3.8, 4) is 0 Å². The van der Waals surface area contributed by atoms with Crippen LogP contribution in [0.2, 0.25) is 0 Å². The summed E-state index contributed by atoms with van der Waals surface area (Å²) in [6.07, 6.45) is -0.652. The highest BCUT2D eigenvalue weighted by atomic mass is 19.1. The number of benzene rings is 1. The second-order valence-electron chi connectivity index (χ2n) is 6.36. The highest BCUT2D eigenvalue weighted by Crippen LogP contribution is 2.12. The SMILES string of the molecule is CC(C)C(NC(=O)OC(C)(C)C)C(=O)Nc1ccc(F)cc1. The molecule has 0 aliphatic rings. The lowest BCUT2D eigenvalue weighted by Crippen LogP contribution is -2.48. The van der Waals surface area contributed by atoms with Crippen molar-refractivity contribution in [2.24, 2.45) is 5.92 Å². The average molecular weight is 310 g/mol. The Morgan fingerprint density at radius 3 is 2.14 bits per heavy atom. The number of halogens is 1. The van der Waals surface area contributed by atoms with Gasteiger partial charge in [-0.2, -0.15) is 0 Å². The molecule has 0 radical (unpaired) electrons. The van der Waals surface area contributed by atoms with Crippen molar-refractivity contribution >= 4 is 17.7 Å². The molecule has 122 valence electrons. The second-order valence-corrected chi connectivity index (χ2v) is 6.36. The lowest BCUT2D eigenvalue weighted by Gasteiger charge is -2.25. The van der Waals surface area contributed by atoms with E-state index in [1.165, 1.54) is 24.3 Å². The fourth-order valence-electron chi connectivity index (χ4n) is 1.72. The summed E-state index contributed by atoms with van der Waals surface area (Å²) in [5.41, 5.74) is -0.179. The topological polar surface area (TPSA) is 67.4 Å². The first kappa shape index (κ1) is 17.9. The summed E-state index contributed by atoms with van der Waals surface area (Å²) in [7, 11) is 0. The molecule has 0 aliphatic heterocycles. The minimum atomic E-state index is -0.750. The zero-order chi connectivity index (χ0) is 16.9. The molecule has 6 heteroatoms. The van der Waals surface area contributed by atoms with E-state index in [1.54, 1.807) is 20.8 Å². The molecule has 1 aromatic rings. The molecular formula is C16H23FN2O3. The number of nitrogens with one attached hydrogen (secondary N) is 2. The van der Waals surface area contributed by atoms with Crippen LogP contribution < -0.4 is 10.6 Å². The van der Waals surface area contributed by atoms with Gasteiger partial charge in [-0.1, -0.05) is 13.8 Å². The maximum atomic E-state index is 12.9. The summed E-state index contributed by atoms with van der Waals surface area (Å²) < 4.78 is 18.0. The minimum Gasteiger partial charge on any atom is -0.444 e. The number of hydrogen-bond acceptors (Lipinski definition) is 3. The van der Waals surface area contributed by atoms with E-state index in [2.05, 4.69) is 10.6 Å². The zero-order valence-corrected chi connectivity index (χ0v) is 13.6. The molecular weight excluding hydrogens is 287 g/mol. The summed E-state index contributed by atoms with van der Waals surface area (Å²) in [5, 5.41) is 5.20. The lowest BCUT2D eigenvalue weighted by molar-refractivity contribution is -0.119. The Morgan fingerprint density at radius 2 is 1.68 bits per heavy atom. The van der Waals surface area contributed by atoms with Crippen LogP contribution in [-0.2, 0) is 9.53 Å². The van der Waals surface area contributed by atoms with Crippen molar-refractivity contribution in [3.05, 3.63) is 30.1 Å². The third-order valence-corrected chi connectivity index (χ3v) is 2.73. The van der Waals surface area contributed by atoms with Crippen molar-refractivity contribution in [3.63, 3.8) is 0 Å². The Kier molecular flexibility index (Phi) is 5.91. The van der Waals surface area contributed by atoms with Crippen LogP contribution in [-0.4, -0.2) is 23.6 Å². The first-order chi connectivity index (χ1) is 10.1. The number of carbonyl (C=O) groups excluding carboxylic acids is 2. The van der Waals surface area contributed by atoms with Gasteiger partial charge in [-0.3, -0.25) is 4.79 Å². The number of rotatable bonds is 4. The molecule has 0 aliphatic carbocycles. The Balaban J connectivity index is 2.71. The molecule has 0 fully saturated rings. The van der Waals surface area contributed by atoms with Gasteiger partial charge in [0, 0.05) is 5.69 Å². The normalized spacial score (nSPS) is 12.7. The van der Waals surface area contributed by atoms with Crippen molar-refractivity contribution in [1.82, 2.24) is 5.32 Å². The standard InChI is InChI=1S/C16H23FN2O3/c1-10(2)13(19-15(21)22-16(3,4)5)14(20)18-12-8-6-11(17)7-9-12/h6-10,13H,1-5H3,(H,18,20)(H,19,21). The Bertz CT molecular complexity index is 521. The molecule has 1 atom stereocenters. The minimum absolute atomic E-state index is 0.132. The quantitative estimate of drug-likeness (QED) is 0.896. The van der Waals surface area contributed by atoms with Crippen LogP contribution in [0.25, 0.3) is 0 Å². The van der Waals surface area contributed by atoms with Crippen LogP contribution in [0.1, 0.15) is 34.6 Å². The number of ether oxygens (including phenoxy) is 1. The maximum absolute atomic E-state index is 12.9. The molecule has 2 amide bonds. The monoisotopic (exact) mass is 310 g/mol. The molecule has 1 rings (SSSR count). The fraction of sp³-hybridized carbons (Fsp3) is 0.500. The highest BCUT2D eigenvalue weighted by molar-refractivity contribution is 5.96. The zero-order valence-electron chi connectivity index (χ0n) is 13.6. The number of amides is 2. The molecule has 1 unspecified atom stereocenters. The molecule has 0 saturated heterocycles. The molecule has 0 bridgehead atoms. The summed E-state index contributed by atoms with van der Waals surface area (Å²) in [6, 6.07) is 4.67. The number of hydrogen-bond donors (Lipinski definition) is 2. The molecule has 0 aromatic heterocycles. The Labute approximate surface area is 130 Å². The van der Waals surface area contributed by atoms with Crippen molar-refractivity contribution in [2.45, 2.75) is 46.3 Å². The lowest BCUT2D eigenvalue weighted by atomic mass is 10.0. The van der Waals surface area contributed by atoms with Gasteiger partial charge in [0.15, 0.2) is 0 Å². The van der Waals surface area contributed by atoms with Crippen LogP contribution in [0.15, 0.2) is 24.3 Å². The Hall–Kier alpha value is -2.11. The fourth-order valence-corrected chi connectivity index (χ4v) is 1.72. The van der Waals surface area contributed by atoms with Gasteiger partial charge in [-0.25, -0.2) is 9.18 Å². The molecule has 5 nitrogen and oxygen atoms in total. The average Bonchev–Trinajstić information content (AvgIpc) is 2.36. The Morgan fingerprint density at radius 1 is 1.14 bits per heavy atom. The predicted molar refractivity (Wildman–Crippen MR) is 83.0 cm³/mol. The molecule has 0 saturated carbocycles. The smallest absolute Gasteiger partial charge is 0.408 e. The largest absolute Gasteiger partial charge is 0.444 e. The van der Waals surface area contributed by atoms with Crippen LogP contribution in [0.3, 0.4) is 0 Å². The van der Waals surface area contributed by atoms with Gasteiger partial charge >= 0.3 is 6.09 Å². The van der Waals surface area contributed by atoms with Crippen LogP contribution in [0.5, 0.6) is 0 Å². The van der Waals surface area contributed by atoms with Crippen LogP contribution in [0.4, 0.5) is 14.9 Å². The molecule has 0 spiro atoms. The number of anilines is 1. The van der Waals surface area contributed by atoms with E-state index in [0.29, 0.717) is 5.69 Å². The van der Waals surface area contributed by atoms with Gasteiger partial charge in [0.1, 0.15) is 17.5 Å². The summed E-state index contributed by atoms with van der Waals surface area (Å²) in [6.45, 7) is 8.86. The first-order valence-electron chi connectivity index (χ1n) is 7.14. The van der Waals surface area contributed by atoms with Gasteiger partial charge in [0.2, 0.25) is 5.91 Å². The van der Waals surface area contributed by atoms with E-state index in [-0.39, 0.29) is 17.6 Å². The van der Waals surface area contributed by atoms with Crippen molar-refractivity contribution < 1.29 is 18.7 Å². The molecule has 22 heavy (non-hydrogen) atoms. The summed E-state index contributed by atoms with van der Waals surface area (Å²) in [5.74, 6) is -0.897. The van der Waals surface area contributed by atoms with Gasteiger partial charge in [0.05, 0.1) is 0 Å². The van der Waals surface area contributed by atoms with Gasteiger partial charge in [0.25, 0.3) is 0 Å². The summed E-state index contributed by atoms with van der Waals surface area (Å²) in [4.78, 5) is 24.1. The van der Waals surface area contributed by atoms with E-state index in [4.69, 9.17) is 4.74 Å². The van der Waals surface area contributed by atoms with Crippen LogP contribution >= 0.6 is 0 Å². The number of alkyl carbamates (subject to hydrolysis) is 1. The van der Waals surface area contributed by atoms with E-state index in [9.17, 15) is 14.0 Å². The second kappa shape index (κ2) is 7.24. The third kappa shape index (κ3) is 6.11. The van der Waals surface area contributed by atoms with Crippen molar-refractivity contribution in [2.75, 3.05) is 5.32 Å². The van der Waals surface area contributed by atoms with Crippen LogP contribution in [0, 0.1) is 11.7 Å². The van der Waals surface area contributed by atoms with E-state index < -0.39 is 17.7 Å². The molecule has 1 aromatic carbocycles. The van der Waals surface area contributed by atoms with E-state index in [1.807, 2.05) is 13.8 Å². The summed E-state index contributed by atoms with van der Waals surface area (Å²) >= 11 is 0. The van der Waals surface area contributed by atoms with Gasteiger partial charge < -0.3 is 15.4 Å². The van der Waals surface area contributed by atoms with E-state index in [0.717, 1.165) is 0 Å². The molecule has 2 N–H and O–H groups in total. The van der Waals surface area contributed by atoms with Crippen molar-refractivity contribution in [1.29, 1.82) is 0 Å². The predicted octanol–water partition coefficient (Wildman–Crippen LogP) is 3.31. The number of carbonyl (C=O) groups is 2. The molecule has 0 heterocycles. The maximum Gasteiger partial charge on any atom is 0.408 e. The first-order valence-corrected chi connectivity index (χ1v) is 7.14. The third-order valence-electron chi connectivity index (χ3n) is 2.73. The van der Waals surface area contributed by atoms with E-state index >= 15 is 0 Å².